The van der Waals surface area contributed by atoms with E-state index in [4.69, 9.17) is 15.6 Å². The highest BCUT2D eigenvalue weighted by molar-refractivity contribution is 5.35. The molecule has 0 spiro atoms. The maximum absolute atomic E-state index is 8.84. The standard InChI is InChI=1S/C15H17NO2/c16-11-13-2-1-3-15(10-13)18-14-6-4-12(5-7-14)8-9-17/h1-7,10,17H,8-9,11,16H2. The predicted molar refractivity (Wildman–Crippen MR) is 71.6 cm³/mol. The largest absolute Gasteiger partial charge is 0.457 e. The molecule has 3 N–H and O–H groups in total. The van der Waals surface area contributed by atoms with Crippen molar-refractivity contribution in [3.05, 3.63) is 59.7 Å². The first kappa shape index (κ1) is 12.6. The summed E-state index contributed by atoms with van der Waals surface area (Å²) in [6.07, 6.45) is 0.670. The highest BCUT2D eigenvalue weighted by Gasteiger charge is 1.99. The Hall–Kier alpha value is -1.84. The van der Waals surface area contributed by atoms with Crippen molar-refractivity contribution in [3.8, 4) is 11.5 Å². The quantitative estimate of drug-likeness (QED) is 0.848. The number of ether oxygens (including phenoxy) is 1. The Bertz CT molecular complexity index is 494. The van der Waals surface area contributed by atoms with Gasteiger partial charge < -0.3 is 15.6 Å². The molecular formula is C15H17NO2. The summed E-state index contributed by atoms with van der Waals surface area (Å²) < 4.78 is 5.74. The van der Waals surface area contributed by atoms with Crippen LogP contribution >= 0.6 is 0 Å². The molecule has 94 valence electrons. The zero-order chi connectivity index (χ0) is 12.8. The van der Waals surface area contributed by atoms with Crippen molar-refractivity contribution in [2.45, 2.75) is 13.0 Å². The summed E-state index contributed by atoms with van der Waals surface area (Å²) in [6, 6.07) is 15.5. The molecule has 0 radical (unpaired) electrons. The lowest BCUT2D eigenvalue weighted by Gasteiger charge is -2.07. The summed E-state index contributed by atoms with van der Waals surface area (Å²) in [5.41, 5.74) is 7.73. The topological polar surface area (TPSA) is 55.5 Å². The van der Waals surface area contributed by atoms with Gasteiger partial charge in [0.15, 0.2) is 0 Å². The second-order valence-electron chi connectivity index (χ2n) is 4.07. The van der Waals surface area contributed by atoms with Gasteiger partial charge in [0, 0.05) is 13.2 Å². The Balaban J connectivity index is 2.08. The van der Waals surface area contributed by atoms with E-state index < -0.39 is 0 Å². The molecule has 0 aromatic heterocycles. The van der Waals surface area contributed by atoms with Crippen molar-refractivity contribution in [2.24, 2.45) is 5.73 Å². The highest BCUT2D eigenvalue weighted by Crippen LogP contribution is 2.22. The minimum Gasteiger partial charge on any atom is -0.457 e. The van der Waals surface area contributed by atoms with Gasteiger partial charge in [0.2, 0.25) is 0 Å². The Kier molecular flexibility index (Phi) is 4.34. The molecule has 0 saturated heterocycles. The van der Waals surface area contributed by atoms with Crippen LogP contribution in [0.25, 0.3) is 0 Å². The third-order valence-electron chi connectivity index (χ3n) is 2.69. The van der Waals surface area contributed by atoms with Gasteiger partial charge in [-0.3, -0.25) is 0 Å². The molecule has 0 atom stereocenters. The number of rotatable bonds is 5. The van der Waals surface area contributed by atoms with E-state index >= 15 is 0 Å². The normalized spacial score (nSPS) is 10.3. The average molecular weight is 243 g/mol. The number of hydrogen-bond acceptors (Lipinski definition) is 3. The SMILES string of the molecule is NCc1cccc(Oc2ccc(CCO)cc2)c1. The van der Waals surface area contributed by atoms with Crippen molar-refractivity contribution in [2.75, 3.05) is 6.61 Å². The van der Waals surface area contributed by atoms with E-state index in [0.717, 1.165) is 22.6 Å². The van der Waals surface area contributed by atoms with Gasteiger partial charge in [-0.15, -0.1) is 0 Å². The van der Waals surface area contributed by atoms with Gasteiger partial charge >= 0.3 is 0 Å². The van der Waals surface area contributed by atoms with Gasteiger partial charge in [0.25, 0.3) is 0 Å². The number of nitrogens with two attached hydrogens (primary N) is 1. The molecular weight excluding hydrogens is 226 g/mol. The summed E-state index contributed by atoms with van der Waals surface area (Å²) in [5.74, 6) is 1.57. The first-order chi connectivity index (χ1) is 8.81. The lowest BCUT2D eigenvalue weighted by atomic mass is 10.1. The summed E-state index contributed by atoms with van der Waals surface area (Å²) in [4.78, 5) is 0. The molecule has 2 rings (SSSR count). The van der Waals surface area contributed by atoms with Gasteiger partial charge in [-0.25, -0.2) is 0 Å². The molecule has 0 fully saturated rings. The van der Waals surface area contributed by atoms with Crippen molar-refractivity contribution < 1.29 is 9.84 Å². The van der Waals surface area contributed by atoms with Crippen molar-refractivity contribution >= 4 is 0 Å². The van der Waals surface area contributed by atoms with Crippen molar-refractivity contribution in [3.63, 3.8) is 0 Å². The number of aliphatic hydroxyl groups excluding tert-OH is 1. The predicted octanol–water partition coefficient (Wildman–Crippen LogP) is 2.47. The van der Waals surface area contributed by atoms with E-state index in [1.807, 2.05) is 48.5 Å². The second-order valence-corrected chi connectivity index (χ2v) is 4.07. The Morgan fingerprint density at radius 2 is 1.72 bits per heavy atom. The van der Waals surface area contributed by atoms with Crippen molar-refractivity contribution in [1.82, 2.24) is 0 Å². The van der Waals surface area contributed by atoms with Crippen LogP contribution in [0.4, 0.5) is 0 Å². The molecule has 0 heterocycles. The summed E-state index contributed by atoms with van der Waals surface area (Å²) in [5, 5.41) is 8.84. The molecule has 3 nitrogen and oxygen atoms in total. The zero-order valence-electron chi connectivity index (χ0n) is 10.2. The summed E-state index contributed by atoms with van der Waals surface area (Å²) >= 11 is 0. The van der Waals surface area contributed by atoms with E-state index in [9.17, 15) is 0 Å². The average Bonchev–Trinajstić information content (AvgIpc) is 2.42. The van der Waals surface area contributed by atoms with Crippen LogP contribution in [-0.2, 0) is 13.0 Å². The Morgan fingerprint density at radius 3 is 2.39 bits per heavy atom. The Morgan fingerprint density at radius 1 is 0.944 bits per heavy atom. The van der Waals surface area contributed by atoms with Crippen LogP contribution in [0.1, 0.15) is 11.1 Å². The van der Waals surface area contributed by atoms with Gasteiger partial charge in [0.1, 0.15) is 11.5 Å². The van der Waals surface area contributed by atoms with Gasteiger partial charge in [-0.05, 0) is 41.8 Å². The highest BCUT2D eigenvalue weighted by atomic mass is 16.5. The lowest BCUT2D eigenvalue weighted by Crippen LogP contribution is -1.96. The van der Waals surface area contributed by atoms with Gasteiger partial charge in [0.05, 0.1) is 0 Å². The third kappa shape index (κ3) is 3.32. The lowest BCUT2D eigenvalue weighted by molar-refractivity contribution is 0.299. The van der Waals surface area contributed by atoms with Gasteiger partial charge in [-0.2, -0.15) is 0 Å². The van der Waals surface area contributed by atoms with Crippen LogP contribution in [-0.4, -0.2) is 11.7 Å². The minimum absolute atomic E-state index is 0.165. The molecule has 2 aromatic rings. The molecule has 2 aromatic carbocycles. The van der Waals surface area contributed by atoms with E-state index in [0.29, 0.717) is 13.0 Å². The van der Waals surface area contributed by atoms with Crippen LogP contribution in [0.3, 0.4) is 0 Å². The fourth-order valence-corrected chi connectivity index (χ4v) is 1.73. The molecule has 0 unspecified atom stereocenters. The first-order valence-corrected chi connectivity index (χ1v) is 5.98. The van der Waals surface area contributed by atoms with Crippen LogP contribution in [0, 0.1) is 0 Å². The molecule has 3 heteroatoms. The first-order valence-electron chi connectivity index (χ1n) is 5.98. The number of aliphatic hydroxyl groups is 1. The molecule has 0 aliphatic rings. The minimum atomic E-state index is 0.165. The van der Waals surface area contributed by atoms with Gasteiger partial charge in [-0.1, -0.05) is 24.3 Å². The molecule has 0 amide bonds. The fraction of sp³-hybridized carbons (Fsp3) is 0.200. The van der Waals surface area contributed by atoms with Crippen LogP contribution in [0.5, 0.6) is 11.5 Å². The number of hydrogen-bond donors (Lipinski definition) is 2. The summed E-state index contributed by atoms with van der Waals surface area (Å²) in [7, 11) is 0. The van der Waals surface area contributed by atoms with Crippen LogP contribution in [0.2, 0.25) is 0 Å². The maximum Gasteiger partial charge on any atom is 0.127 e. The smallest absolute Gasteiger partial charge is 0.127 e. The summed E-state index contributed by atoms with van der Waals surface area (Å²) in [6.45, 7) is 0.672. The zero-order valence-corrected chi connectivity index (χ0v) is 10.2. The second kappa shape index (κ2) is 6.19. The van der Waals surface area contributed by atoms with E-state index in [2.05, 4.69) is 0 Å². The molecule has 0 bridgehead atoms. The third-order valence-corrected chi connectivity index (χ3v) is 2.69. The fourth-order valence-electron chi connectivity index (χ4n) is 1.73. The molecule has 0 aliphatic carbocycles. The molecule has 0 saturated carbocycles. The number of benzene rings is 2. The molecule has 0 aliphatic heterocycles. The van der Waals surface area contributed by atoms with Crippen LogP contribution in [0.15, 0.2) is 48.5 Å². The Labute approximate surface area is 107 Å². The van der Waals surface area contributed by atoms with Crippen molar-refractivity contribution in [1.29, 1.82) is 0 Å². The van der Waals surface area contributed by atoms with Crippen LogP contribution < -0.4 is 10.5 Å². The van der Waals surface area contributed by atoms with E-state index in [-0.39, 0.29) is 6.61 Å². The molecule has 18 heavy (non-hydrogen) atoms. The van der Waals surface area contributed by atoms with E-state index in [1.54, 1.807) is 0 Å². The monoisotopic (exact) mass is 243 g/mol. The maximum atomic E-state index is 8.84. The van der Waals surface area contributed by atoms with E-state index in [1.165, 1.54) is 0 Å².